The molecular weight excluding hydrogens is 272 g/mol. The van der Waals surface area contributed by atoms with Crippen LogP contribution in [0.3, 0.4) is 0 Å². The Labute approximate surface area is 121 Å². The molecule has 2 rings (SSSR count). The lowest BCUT2D eigenvalue weighted by atomic mass is 10.0. The molecule has 0 bridgehead atoms. The minimum Gasteiger partial charge on any atom is -0.384 e. The maximum Gasteiger partial charge on any atom is 0.251 e. The van der Waals surface area contributed by atoms with Gasteiger partial charge >= 0.3 is 0 Å². The Bertz CT molecular complexity index is 654. The molecular formula is C15H14N2O2S. The highest BCUT2D eigenvalue weighted by molar-refractivity contribution is 7.09. The monoisotopic (exact) mass is 286 g/mol. The lowest BCUT2D eigenvalue weighted by Crippen LogP contribution is -2.22. The smallest absolute Gasteiger partial charge is 0.251 e. The van der Waals surface area contributed by atoms with Crippen molar-refractivity contribution in [2.24, 2.45) is 0 Å². The fourth-order valence-electron chi connectivity index (χ4n) is 1.68. The Morgan fingerprint density at radius 3 is 3.00 bits per heavy atom. The minimum atomic E-state index is -0.171. The Kier molecular flexibility index (Phi) is 4.88. The molecule has 0 atom stereocenters. The van der Waals surface area contributed by atoms with Crippen molar-refractivity contribution in [3.63, 3.8) is 0 Å². The van der Waals surface area contributed by atoms with E-state index in [9.17, 15) is 4.79 Å². The number of hydrogen-bond donors (Lipinski definition) is 2. The van der Waals surface area contributed by atoms with E-state index in [0.29, 0.717) is 12.1 Å². The molecule has 0 fully saturated rings. The summed E-state index contributed by atoms with van der Waals surface area (Å²) in [4.78, 5) is 16.1. The molecule has 5 heteroatoms. The number of benzene rings is 1. The lowest BCUT2D eigenvalue weighted by Gasteiger charge is -2.05. The molecule has 20 heavy (non-hydrogen) atoms. The van der Waals surface area contributed by atoms with Gasteiger partial charge in [-0.25, -0.2) is 4.98 Å². The van der Waals surface area contributed by atoms with Gasteiger partial charge in [0.15, 0.2) is 0 Å². The molecule has 0 aliphatic carbocycles. The molecule has 1 aromatic heterocycles. The van der Waals surface area contributed by atoms with E-state index < -0.39 is 0 Å². The predicted octanol–water partition coefficient (Wildman–Crippen LogP) is 1.73. The van der Waals surface area contributed by atoms with Gasteiger partial charge in [0.05, 0.1) is 6.54 Å². The molecule has 0 unspecified atom stereocenters. The van der Waals surface area contributed by atoms with E-state index in [1.807, 2.05) is 12.3 Å². The number of rotatable bonds is 3. The van der Waals surface area contributed by atoms with Gasteiger partial charge in [0.25, 0.3) is 5.91 Å². The molecule has 0 radical (unpaired) electrons. The number of aryl methyl sites for hydroxylation is 1. The normalized spacial score (nSPS) is 9.70. The summed E-state index contributed by atoms with van der Waals surface area (Å²) in [6.07, 6.45) is 1.71. The molecule has 1 amide bonds. The largest absolute Gasteiger partial charge is 0.384 e. The molecule has 0 saturated heterocycles. The highest BCUT2D eigenvalue weighted by Crippen LogP contribution is 2.11. The fraction of sp³-hybridized carbons (Fsp3) is 0.200. The van der Waals surface area contributed by atoms with E-state index in [-0.39, 0.29) is 12.5 Å². The van der Waals surface area contributed by atoms with Crippen molar-refractivity contribution < 1.29 is 9.90 Å². The first-order chi connectivity index (χ1) is 9.70. The van der Waals surface area contributed by atoms with Crippen LogP contribution in [-0.4, -0.2) is 22.6 Å². The Morgan fingerprint density at radius 2 is 2.35 bits per heavy atom. The van der Waals surface area contributed by atoms with Crippen molar-refractivity contribution in [2.75, 3.05) is 6.61 Å². The van der Waals surface area contributed by atoms with Gasteiger partial charge in [0, 0.05) is 22.7 Å². The summed E-state index contributed by atoms with van der Waals surface area (Å²) in [5, 5.41) is 14.3. The average Bonchev–Trinajstić information content (AvgIpc) is 2.96. The fourth-order valence-corrected chi connectivity index (χ4v) is 2.23. The van der Waals surface area contributed by atoms with Crippen LogP contribution in [-0.2, 0) is 6.54 Å². The van der Waals surface area contributed by atoms with Crippen LogP contribution >= 0.6 is 11.3 Å². The zero-order valence-corrected chi connectivity index (χ0v) is 11.8. The molecule has 4 nitrogen and oxygen atoms in total. The van der Waals surface area contributed by atoms with E-state index in [4.69, 9.17) is 5.11 Å². The highest BCUT2D eigenvalue weighted by Gasteiger charge is 2.07. The highest BCUT2D eigenvalue weighted by atomic mass is 32.1. The number of amides is 1. The number of carbonyl (C=O) groups excluding carboxylic acids is 1. The second-order valence-electron chi connectivity index (χ2n) is 4.10. The lowest BCUT2D eigenvalue weighted by molar-refractivity contribution is 0.0951. The van der Waals surface area contributed by atoms with Gasteiger partial charge in [-0.2, -0.15) is 0 Å². The molecule has 1 heterocycles. The first kappa shape index (κ1) is 14.3. The Balaban J connectivity index is 2.05. The topological polar surface area (TPSA) is 62.2 Å². The number of carbonyl (C=O) groups is 1. The quantitative estimate of drug-likeness (QED) is 0.845. The number of aromatic nitrogens is 1. The van der Waals surface area contributed by atoms with Crippen molar-refractivity contribution in [3.8, 4) is 11.8 Å². The van der Waals surface area contributed by atoms with Crippen LogP contribution in [0.4, 0.5) is 0 Å². The average molecular weight is 286 g/mol. The number of hydrogen-bond acceptors (Lipinski definition) is 4. The van der Waals surface area contributed by atoms with Gasteiger partial charge in [-0.3, -0.25) is 4.79 Å². The summed E-state index contributed by atoms with van der Waals surface area (Å²) in [7, 11) is 0. The molecule has 0 spiro atoms. The third kappa shape index (κ3) is 3.67. The van der Waals surface area contributed by atoms with Crippen LogP contribution < -0.4 is 5.32 Å². The van der Waals surface area contributed by atoms with E-state index in [2.05, 4.69) is 22.1 Å². The molecule has 0 aliphatic heterocycles. The van der Waals surface area contributed by atoms with Gasteiger partial charge in [-0.1, -0.05) is 11.8 Å². The van der Waals surface area contributed by atoms with E-state index in [0.717, 1.165) is 16.1 Å². The van der Waals surface area contributed by atoms with Crippen molar-refractivity contribution in [2.45, 2.75) is 13.5 Å². The third-order valence-electron chi connectivity index (χ3n) is 2.67. The zero-order chi connectivity index (χ0) is 14.4. The summed E-state index contributed by atoms with van der Waals surface area (Å²) in [6, 6.07) is 5.31. The number of nitrogens with one attached hydrogen (secondary N) is 1. The van der Waals surface area contributed by atoms with Gasteiger partial charge < -0.3 is 10.4 Å². The maximum absolute atomic E-state index is 12.0. The first-order valence-corrected chi connectivity index (χ1v) is 6.95. The predicted molar refractivity (Wildman–Crippen MR) is 78.4 cm³/mol. The number of thiazole rings is 1. The van der Waals surface area contributed by atoms with Crippen LogP contribution in [0, 0.1) is 18.8 Å². The van der Waals surface area contributed by atoms with E-state index >= 15 is 0 Å². The Morgan fingerprint density at radius 1 is 1.50 bits per heavy atom. The van der Waals surface area contributed by atoms with Gasteiger partial charge in [-0.15, -0.1) is 11.3 Å². The van der Waals surface area contributed by atoms with Crippen LogP contribution in [0.2, 0.25) is 0 Å². The molecule has 102 valence electrons. The van der Waals surface area contributed by atoms with Crippen molar-refractivity contribution >= 4 is 17.2 Å². The molecule has 1 aromatic carbocycles. The number of aliphatic hydroxyl groups excluding tert-OH is 1. The van der Waals surface area contributed by atoms with E-state index in [1.165, 1.54) is 11.3 Å². The van der Waals surface area contributed by atoms with E-state index in [1.54, 1.807) is 24.4 Å². The summed E-state index contributed by atoms with van der Waals surface area (Å²) < 4.78 is 0. The molecule has 2 N–H and O–H groups in total. The van der Waals surface area contributed by atoms with Gasteiger partial charge in [0.2, 0.25) is 0 Å². The maximum atomic E-state index is 12.0. The van der Waals surface area contributed by atoms with Gasteiger partial charge in [0.1, 0.15) is 11.6 Å². The molecule has 0 aliphatic rings. The second-order valence-corrected chi connectivity index (χ2v) is 5.08. The zero-order valence-electron chi connectivity index (χ0n) is 11.0. The summed E-state index contributed by atoms with van der Waals surface area (Å²) >= 11 is 1.51. The summed E-state index contributed by atoms with van der Waals surface area (Å²) in [5.74, 6) is 5.30. The Hall–Kier alpha value is -2.16. The van der Waals surface area contributed by atoms with Crippen LogP contribution in [0.1, 0.15) is 26.5 Å². The summed E-state index contributed by atoms with van der Waals surface area (Å²) in [6.45, 7) is 2.15. The standard InChI is InChI=1S/C15H14N2O2S/c1-11-9-13(5-4-12(11)3-2-7-18)15(19)17-10-14-16-6-8-20-14/h4-6,8-9,18H,7,10H2,1H3,(H,17,19). The van der Waals surface area contributed by atoms with Crippen LogP contribution in [0.25, 0.3) is 0 Å². The third-order valence-corrected chi connectivity index (χ3v) is 3.45. The number of aliphatic hydroxyl groups is 1. The van der Waals surface area contributed by atoms with Crippen LogP contribution in [0.15, 0.2) is 29.8 Å². The molecule has 0 saturated carbocycles. The van der Waals surface area contributed by atoms with Crippen molar-refractivity contribution in [3.05, 3.63) is 51.5 Å². The van der Waals surface area contributed by atoms with Crippen LogP contribution in [0.5, 0.6) is 0 Å². The van der Waals surface area contributed by atoms with Crippen molar-refractivity contribution in [1.29, 1.82) is 0 Å². The van der Waals surface area contributed by atoms with Crippen molar-refractivity contribution in [1.82, 2.24) is 10.3 Å². The minimum absolute atomic E-state index is 0.134. The van der Waals surface area contributed by atoms with Gasteiger partial charge in [-0.05, 0) is 30.7 Å². The summed E-state index contributed by atoms with van der Waals surface area (Å²) in [5.41, 5.74) is 2.32. The first-order valence-electron chi connectivity index (χ1n) is 6.07. The second kappa shape index (κ2) is 6.85. The molecule has 2 aromatic rings. The SMILES string of the molecule is Cc1cc(C(=O)NCc2nccs2)ccc1C#CCO. The number of nitrogens with zero attached hydrogens (tertiary/aromatic N) is 1.